The van der Waals surface area contributed by atoms with E-state index in [-0.39, 0.29) is 11.8 Å². The zero-order chi connectivity index (χ0) is 14.4. The van der Waals surface area contributed by atoms with Gasteiger partial charge in [-0.15, -0.1) is 0 Å². The predicted octanol–water partition coefficient (Wildman–Crippen LogP) is 2.86. The zero-order valence-corrected chi connectivity index (χ0v) is 12.0. The molecule has 1 aromatic heterocycles. The standard InChI is InChI=1S/C16H21N3O/c1-3-12(2)15(14-7-5-4-6-8-14)16(20)17-9-13-10-18-19-11-13/h4-8,10-12,15H,3,9H2,1-2H3,(H,17,20)(H,18,19). The first kappa shape index (κ1) is 14.3. The van der Waals surface area contributed by atoms with Crippen LogP contribution in [0.4, 0.5) is 0 Å². The van der Waals surface area contributed by atoms with Crippen molar-refractivity contribution in [2.45, 2.75) is 32.7 Å². The van der Waals surface area contributed by atoms with Crippen LogP contribution in [-0.2, 0) is 11.3 Å². The highest BCUT2D eigenvalue weighted by molar-refractivity contribution is 5.83. The third-order valence-electron chi connectivity index (χ3n) is 3.68. The number of hydrogen-bond acceptors (Lipinski definition) is 2. The summed E-state index contributed by atoms with van der Waals surface area (Å²) in [5.41, 5.74) is 2.06. The molecule has 106 valence electrons. The topological polar surface area (TPSA) is 57.8 Å². The highest BCUT2D eigenvalue weighted by atomic mass is 16.1. The summed E-state index contributed by atoms with van der Waals surface area (Å²) in [7, 11) is 0. The van der Waals surface area contributed by atoms with E-state index in [2.05, 4.69) is 29.4 Å². The molecule has 0 saturated heterocycles. The number of nitrogens with zero attached hydrogens (tertiary/aromatic N) is 1. The number of carbonyl (C=O) groups is 1. The van der Waals surface area contributed by atoms with Crippen molar-refractivity contribution in [3.05, 3.63) is 53.9 Å². The van der Waals surface area contributed by atoms with Gasteiger partial charge in [0.25, 0.3) is 0 Å². The number of benzene rings is 1. The smallest absolute Gasteiger partial charge is 0.228 e. The molecular formula is C16H21N3O. The van der Waals surface area contributed by atoms with Crippen LogP contribution in [0.1, 0.15) is 37.3 Å². The van der Waals surface area contributed by atoms with Crippen LogP contribution >= 0.6 is 0 Å². The van der Waals surface area contributed by atoms with Gasteiger partial charge in [0, 0.05) is 18.3 Å². The third kappa shape index (κ3) is 3.47. The summed E-state index contributed by atoms with van der Waals surface area (Å²) in [6, 6.07) is 9.98. The van der Waals surface area contributed by atoms with Gasteiger partial charge >= 0.3 is 0 Å². The molecule has 2 unspecified atom stereocenters. The van der Waals surface area contributed by atoms with Crippen molar-refractivity contribution in [1.29, 1.82) is 0 Å². The second kappa shape index (κ2) is 6.89. The van der Waals surface area contributed by atoms with Gasteiger partial charge in [-0.1, -0.05) is 50.6 Å². The van der Waals surface area contributed by atoms with Crippen LogP contribution in [0.2, 0.25) is 0 Å². The fourth-order valence-corrected chi connectivity index (χ4v) is 2.31. The fourth-order valence-electron chi connectivity index (χ4n) is 2.31. The van der Waals surface area contributed by atoms with Gasteiger partial charge in [0.15, 0.2) is 0 Å². The number of nitrogens with one attached hydrogen (secondary N) is 2. The molecule has 0 aliphatic carbocycles. The highest BCUT2D eigenvalue weighted by Gasteiger charge is 2.25. The molecule has 2 aromatic rings. The lowest BCUT2D eigenvalue weighted by atomic mass is 9.85. The van der Waals surface area contributed by atoms with Gasteiger partial charge in [-0.3, -0.25) is 9.89 Å². The lowest BCUT2D eigenvalue weighted by Crippen LogP contribution is -2.32. The predicted molar refractivity (Wildman–Crippen MR) is 79.1 cm³/mol. The maximum Gasteiger partial charge on any atom is 0.228 e. The van der Waals surface area contributed by atoms with E-state index in [1.165, 1.54) is 0 Å². The van der Waals surface area contributed by atoms with Gasteiger partial charge in [-0.05, 0) is 11.5 Å². The highest BCUT2D eigenvalue weighted by Crippen LogP contribution is 2.27. The Morgan fingerprint density at radius 1 is 1.35 bits per heavy atom. The molecule has 0 aliphatic heterocycles. The van der Waals surface area contributed by atoms with E-state index in [9.17, 15) is 4.79 Å². The SMILES string of the molecule is CCC(C)C(C(=O)NCc1cn[nH]c1)c1ccccc1. The Morgan fingerprint density at radius 2 is 2.10 bits per heavy atom. The molecule has 0 aliphatic rings. The fraction of sp³-hybridized carbons (Fsp3) is 0.375. The summed E-state index contributed by atoms with van der Waals surface area (Å²) in [5.74, 6) is 0.279. The van der Waals surface area contributed by atoms with Gasteiger partial charge in [-0.2, -0.15) is 5.10 Å². The van der Waals surface area contributed by atoms with E-state index in [1.807, 2.05) is 30.3 Å². The number of H-pyrrole nitrogens is 1. The Kier molecular flexibility index (Phi) is 4.93. The van der Waals surface area contributed by atoms with E-state index >= 15 is 0 Å². The summed E-state index contributed by atoms with van der Waals surface area (Å²) < 4.78 is 0. The van der Waals surface area contributed by atoms with E-state index in [1.54, 1.807) is 12.4 Å². The monoisotopic (exact) mass is 271 g/mol. The van der Waals surface area contributed by atoms with Gasteiger partial charge in [0.05, 0.1) is 12.1 Å². The van der Waals surface area contributed by atoms with Crippen LogP contribution < -0.4 is 5.32 Å². The molecule has 1 amide bonds. The maximum absolute atomic E-state index is 12.5. The Balaban J connectivity index is 2.08. The number of carbonyl (C=O) groups excluding carboxylic acids is 1. The molecule has 2 rings (SSSR count). The van der Waals surface area contributed by atoms with Crippen LogP contribution in [-0.4, -0.2) is 16.1 Å². The summed E-state index contributed by atoms with van der Waals surface area (Å²) in [6.07, 6.45) is 4.49. The van der Waals surface area contributed by atoms with Crippen molar-refractivity contribution in [2.24, 2.45) is 5.92 Å². The van der Waals surface area contributed by atoms with Gasteiger partial charge < -0.3 is 5.32 Å². The first-order valence-electron chi connectivity index (χ1n) is 7.02. The van der Waals surface area contributed by atoms with Crippen molar-refractivity contribution in [3.63, 3.8) is 0 Å². The van der Waals surface area contributed by atoms with Crippen LogP contribution in [0.3, 0.4) is 0 Å². The van der Waals surface area contributed by atoms with E-state index < -0.39 is 0 Å². The second-order valence-electron chi connectivity index (χ2n) is 5.10. The molecule has 20 heavy (non-hydrogen) atoms. The third-order valence-corrected chi connectivity index (χ3v) is 3.68. The number of amides is 1. The van der Waals surface area contributed by atoms with Crippen molar-refractivity contribution < 1.29 is 4.79 Å². The van der Waals surface area contributed by atoms with Crippen LogP contribution in [0, 0.1) is 5.92 Å². The molecule has 4 nitrogen and oxygen atoms in total. The summed E-state index contributed by atoms with van der Waals surface area (Å²) in [5, 5.41) is 9.63. The quantitative estimate of drug-likeness (QED) is 0.848. The van der Waals surface area contributed by atoms with Crippen LogP contribution in [0.15, 0.2) is 42.7 Å². The van der Waals surface area contributed by atoms with E-state index in [4.69, 9.17) is 0 Å². The Hall–Kier alpha value is -2.10. The molecule has 4 heteroatoms. The number of hydrogen-bond donors (Lipinski definition) is 2. The number of rotatable bonds is 6. The lowest BCUT2D eigenvalue weighted by Gasteiger charge is -2.22. The van der Waals surface area contributed by atoms with E-state index in [0.717, 1.165) is 17.5 Å². The molecular weight excluding hydrogens is 250 g/mol. The van der Waals surface area contributed by atoms with Gasteiger partial charge in [0.2, 0.25) is 5.91 Å². The largest absolute Gasteiger partial charge is 0.351 e. The maximum atomic E-state index is 12.5. The van der Waals surface area contributed by atoms with E-state index in [0.29, 0.717) is 12.5 Å². The molecule has 1 heterocycles. The average molecular weight is 271 g/mol. The van der Waals surface area contributed by atoms with Gasteiger partial charge in [0.1, 0.15) is 0 Å². The minimum atomic E-state index is -0.104. The van der Waals surface area contributed by atoms with Crippen molar-refractivity contribution in [3.8, 4) is 0 Å². The zero-order valence-electron chi connectivity index (χ0n) is 12.0. The molecule has 1 aromatic carbocycles. The molecule has 0 radical (unpaired) electrons. The van der Waals surface area contributed by atoms with Crippen molar-refractivity contribution in [2.75, 3.05) is 0 Å². The normalized spacial score (nSPS) is 13.7. The summed E-state index contributed by atoms with van der Waals surface area (Å²) in [4.78, 5) is 12.5. The minimum Gasteiger partial charge on any atom is -0.351 e. The van der Waals surface area contributed by atoms with Crippen molar-refractivity contribution >= 4 is 5.91 Å². The molecule has 0 bridgehead atoms. The Labute approximate surface area is 119 Å². The second-order valence-corrected chi connectivity index (χ2v) is 5.10. The molecule has 0 spiro atoms. The van der Waals surface area contributed by atoms with Crippen LogP contribution in [0.25, 0.3) is 0 Å². The first-order valence-corrected chi connectivity index (χ1v) is 7.02. The molecule has 2 N–H and O–H groups in total. The average Bonchev–Trinajstić information content (AvgIpc) is 2.99. The van der Waals surface area contributed by atoms with Gasteiger partial charge in [-0.25, -0.2) is 0 Å². The summed E-state index contributed by atoms with van der Waals surface area (Å²) >= 11 is 0. The number of aromatic nitrogens is 2. The molecule has 0 saturated carbocycles. The number of aromatic amines is 1. The van der Waals surface area contributed by atoms with Crippen molar-refractivity contribution in [1.82, 2.24) is 15.5 Å². The Bertz CT molecular complexity index is 522. The molecule has 0 fully saturated rings. The summed E-state index contributed by atoms with van der Waals surface area (Å²) in [6.45, 7) is 4.74. The molecule has 2 atom stereocenters. The Morgan fingerprint density at radius 3 is 2.70 bits per heavy atom. The minimum absolute atomic E-state index is 0.0757. The lowest BCUT2D eigenvalue weighted by molar-refractivity contribution is -0.123. The first-order chi connectivity index (χ1) is 9.72. The van der Waals surface area contributed by atoms with Crippen LogP contribution in [0.5, 0.6) is 0 Å².